The van der Waals surface area contributed by atoms with Crippen molar-refractivity contribution in [2.45, 2.75) is 110 Å². The van der Waals surface area contributed by atoms with Crippen molar-refractivity contribution in [3.8, 4) is 22.4 Å². The first kappa shape index (κ1) is 46.4. The quantitative estimate of drug-likeness (QED) is 0.127. The van der Waals surface area contributed by atoms with Crippen LogP contribution in [0.15, 0.2) is 152 Å². The molecule has 364 valence electrons. The molecule has 73 heavy (non-hydrogen) atoms. The first-order valence-electron chi connectivity index (χ1n) is 27.4. The molecule has 6 aromatic carbocycles. The van der Waals surface area contributed by atoms with Gasteiger partial charge in [0, 0.05) is 58.2 Å². The number of nitrogens with one attached hydrogen (secondary N) is 1. The summed E-state index contributed by atoms with van der Waals surface area (Å²) in [5, 5.41) is 5.04. The van der Waals surface area contributed by atoms with Gasteiger partial charge < -0.3 is 15.1 Å². The molecular formula is C67H70BN4Si+. The monoisotopic (exact) mass is 970 g/mol. The van der Waals surface area contributed by atoms with E-state index in [2.05, 4.69) is 229 Å². The zero-order valence-electron chi connectivity index (χ0n) is 44.7. The maximum atomic E-state index is 5.25. The van der Waals surface area contributed by atoms with Crippen LogP contribution in [0.25, 0.3) is 28.1 Å². The minimum Gasteiger partial charge on any atom is -0.388 e. The van der Waals surface area contributed by atoms with Crippen molar-refractivity contribution >= 4 is 76.9 Å². The molecule has 14 rings (SSSR count). The summed E-state index contributed by atoms with van der Waals surface area (Å²) < 4.78 is 0. The summed E-state index contributed by atoms with van der Waals surface area (Å²) in [5.74, 6) is 3.04. The number of para-hydroxylation sites is 1. The topological polar surface area (TPSA) is 31.4 Å². The largest absolute Gasteiger partial charge is 0.388 e. The Morgan fingerprint density at radius 1 is 0.616 bits per heavy atom. The van der Waals surface area contributed by atoms with E-state index >= 15 is 0 Å². The van der Waals surface area contributed by atoms with Crippen molar-refractivity contribution in [1.82, 2.24) is 10.3 Å². The lowest BCUT2D eigenvalue weighted by atomic mass is 9.33. The maximum Gasteiger partial charge on any atom is 0.345 e. The fraction of sp³-hybridized carbons (Fsp3) is 0.328. The number of benzene rings is 6. The minimum absolute atomic E-state index is 0.00652. The van der Waals surface area contributed by atoms with Gasteiger partial charge >= 0.3 is 8.80 Å². The van der Waals surface area contributed by atoms with Gasteiger partial charge in [0.1, 0.15) is 5.19 Å². The Bertz CT molecular complexity index is 3410. The second-order valence-electron chi connectivity index (χ2n) is 24.8. The van der Waals surface area contributed by atoms with E-state index in [0.29, 0.717) is 11.8 Å². The van der Waals surface area contributed by atoms with Gasteiger partial charge in [0.2, 0.25) is 0 Å². The van der Waals surface area contributed by atoms with Crippen LogP contribution in [0, 0.1) is 23.7 Å². The van der Waals surface area contributed by atoms with Gasteiger partial charge in [-0.05, 0) is 184 Å². The zero-order chi connectivity index (χ0) is 50.3. The van der Waals surface area contributed by atoms with Crippen molar-refractivity contribution in [3.63, 3.8) is 0 Å². The normalized spacial score (nSPS) is 22.1. The van der Waals surface area contributed by atoms with Crippen LogP contribution in [0.1, 0.15) is 108 Å². The molecular weight excluding hydrogens is 900 g/mol. The third-order valence-corrected chi connectivity index (χ3v) is 19.8. The lowest BCUT2D eigenvalue weighted by molar-refractivity contribution is -0.0399. The van der Waals surface area contributed by atoms with Gasteiger partial charge in [-0.15, -0.1) is 0 Å². The molecule has 0 amide bonds. The summed E-state index contributed by atoms with van der Waals surface area (Å²) in [6.07, 6.45) is 15.3. The second-order valence-corrected chi connectivity index (χ2v) is 27.4. The highest BCUT2D eigenvalue weighted by atomic mass is 28.3. The highest BCUT2D eigenvalue weighted by molar-refractivity contribution is 7.00. The first-order valence-corrected chi connectivity index (χ1v) is 29.9. The summed E-state index contributed by atoms with van der Waals surface area (Å²) in [7, 11) is 1.09. The predicted molar refractivity (Wildman–Crippen MR) is 313 cm³/mol. The number of hydrogen-bond donors (Lipinski definition) is 1. The molecule has 4 bridgehead atoms. The molecule has 7 aliphatic rings. The van der Waals surface area contributed by atoms with E-state index < -0.39 is 8.80 Å². The average Bonchev–Trinajstić information content (AvgIpc) is 3.66. The third kappa shape index (κ3) is 6.94. The van der Waals surface area contributed by atoms with Crippen molar-refractivity contribution in [2.24, 2.45) is 23.7 Å². The van der Waals surface area contributed by atoms with Crippen LogP contribution in [-0.2, 0) is 16.2 Å². The molecule has 4 saturated carbocycles. The van der Waals surface area contributed by atoms with E-state index in [1.165, 1.54) is 121 Å². The van der Waals surface area contributed by atoms with E-state index in [-0.39, 0.29) is 23.0 Å². The van der Waals surface area contributed by atoms with Crippen LogP contribution in [0.5, 0.6) is 0 Å². The summed E-state index contributed by atoms with van der Waals surface area (Å²) in [4.78, 5) is 10.6. The number of hydrogen-bond acceptors (Lipinski definition) is 4. The van der Waals surface area contributed by atoms with Gasteiger partial charge in [0.25, 0.3) is 6.71 Å². The van der Waals surface area contributed by atoms with Gasteiger partial charge in [0.15, 0.2) is 0 Å². The van der Waals surface area contributed by atoms with Gasteiger partial charge in [-0.2, -0.15) is 0 Å². The second kappa shape index (κ2) is 16.8. The van der Waals surface area contributed by atoms with Crippen LogP contribution in [-0.4, -0.2) is 27.5 Å². The Hall–Kier alpha value is -6.37. The Morgan fingerprint density at radius 2 is 1.22 bits per heavy atom. The molecule has 4 fully saturated rings. The lowest BCUT2D eigenvalue weighted by Gasteiger charge is -2.61. The van der Waals surface area contributed by atoms with Crippen molar-refractivity contribution in [2.75, 3.05) is 16.8 Å². The Kier molecular flexibility index (Phi) is 10.7. The average molecular weight is 970 g/mol. The van der Waals surface area contributed by atoms with Crippen LogP contribution in [0.2, 0.25) is 13.1 Å². The van der Waals surface area contributed by atoms with Gasteiger partial charge in [-0.25, -0.2) is 0 Å². The SMILES string of the molecule is C/C=C\C=C(/NC)c1ccccc1N1c2ccc(C(C)(C)C)cc2B2c3cc(C(C)(C)C)ccc3N(c3cc4c(cc3-c3ccccn3)-c3ccccc3C43C4CC5CC(C4)CC3C5)c3cc([Si+](C)C)cc1c32. The Morgan fingerprint density at radius 3 is 1.81 bits per heavy atom. The third-order valence-electron chi connectivity index (χ3n) is 18.4. The van der Waals surface area contributed by atoms with Gasteiger partial charge in [-0.3, -0.25) is 4.98 Å². The van der Waals surface area contributed by atoms with Crippen LogP contribution >= 0.6 is 0 Å². The van der Waals surface area contributed by atoms with E-state index in [4.69, 9.17) is 4.98 Å². The predicted octanol–water partition coefficient (Wildman–Crippen LogP) is 14.2. The molecule has 6 heteroatoms. The van der Waals surface area contributed by atoms with E-state index in [9.17, 15) is 0 Å². The molecule has 1 spiro atoms. The Balaban J connectivity index is 1.16. The maximum absolute atomic E-state index is 5.25. The van der Waals surface area contributed by atoms with Gasteiger partial charge in [-0.1, -0.05) is 126 Å². The summed E-state index contributed by atoms with van der Waals surface area (Å²) in [6, 6.07) is 50.6. The fourth-order valence-corrected chi connectivity index (χ4v) is 16.1. The molecule has 0 unspecified atom stereocenters. The summed E-state index contributed by atoms with van der Waals surface area (Å²) in [5.41, 5.74) is 24.7. The summed E-state index contributed by atoms with van der Waals surface area (Å²) in [6.45, 7) is 21.2. The number of rotatable bonds is 7. The smallest absolute Gasteiger partial charge is 0.345 e. The number of anilines is 6. The number of fused-ring (bicyclic) bond motifs is 7. The highest BCUT2D eigenvalue weighted by Gasteiger charge is 2.62. The van der Waals surface area contributed by atoms with E-state index in [0.717, 1.165) is 23.2 Å². The molecule has 1 N–H and O–H groups in total. The molecule has 4 nitrogen and oxygen atoms in total. The van der Waals surface area contributed by atoms with Gasteiger partial charge in [0.05, 0.1) is 30.2 Å². The van der Waals surface area contributed by atoms with Crippen molar-refractivity contribution in [1.29, 1.82) is 0 Å². The molecule has 3 heterocycles. The Labute approximate surface area is 437 Å². The van der Waals surface area contributed by atoms with Crippen LogP contribution in [0.3, 0.4) is 0 Å². The minimum atomic E-state index is -0.965. The molecule has 0 saturated heterocycles. The van der Waals surface area contributed by atoms with Crippen molar-refractivity contribution in [3.05, 3.63) is 180 Å². The molecule has 7 aromatic rings. The molecule has 2 aliphatic heterocycles. The highest BCUT2D eigenvalue weighted by Crippen LogP contribution is 2.70. The standard InChI is InChI=1S/C67H70BN4Si/c1-11-12-22-56(69-8)49-20-14-16-24-58(49)71-59-27-25-43(65(2,3)4)35-54(59)68-55-36-44(66(5,6)7)26-28-60(55)72(63-38-47(73(9)10)37-62(71)64(63)68)61-40-53-50(39-51(61)57-23-17-18-29-70-57)48-19-13-15-21-52(48)67(53)45-31-41-30-42(33-45)34-46(67)32-41/h11-29,35-42,45-46,69H,30-34H2,1-10H3/q+1/b12-11-,56-22-. The van der Waals surface area contributed by atoms with Crippen LogP contribution in [0.4, 0.5) is 34.1 Å². The fourth-order valence-electron chi connectivity index (χ4n) is 15.2. The number of allylic oxidation sites excluding steroid dienone is 3. The number of pyridine rings is 1. The zero-order valence-corrected chi connectivity index (χ0v) is 45.7. The first-order chi connectivity index (χ1) is 35.2. The van der Waals surface area contributed by atoms with Crippen LogP contribution < -0.4 is 36.7 Å². The molecule has 1 aromatic heterocycles. The molecule has 0 radical (unpaired) electrons. The molecule has 5 aliphatic carbocycles. The lowest BCUT2D eigenvalue weighted by Crippen LogP contribution is -2.62. The number of aromatic nitrogens is 1. The molecule has 0 atom stereocenters. The summed E-state index contributed by atoms with van der Waals surface area (Å²) >= 11 is 0. The van der Waals surface area contributed by atoms with E-state index in [1.807, 2.05) is 6.20 Å². The number of nitrogens with zero attached hydrogens (tertiary/aromatic N) is 3. The van der Waals surface area contributed by atoms with E-state index in [1.54, 1.807) is 11.1 Å². The van der Waals surface area contributed by atoms with Crippen molar-refractivity contribution < 1.29 is 0 Å².